The number of nitrogens with zero attached hydrogens (tertiary/aromatic N) is 8. The molecule has 0 fully saturated rings. The Morgan fingerprint density at radius 2 is 1.92 bits per heavy atom. The number of rotatable bonds is 7. The van der Waals surface area contributed by atoms with Crippen LogP contribution in [0.5, 0.6) is 0 Å². The molecule has 0 bridgehead atoms. The van der Waals surface area contributed by atoms with E-state index in [1.807, 2.05) is 55.3 Å². The summed E-state index contributed by atoms with van der Waals surface area (Å²) in [6.45, 7) is 3.72. The molecule has 0 radical (unpaired) electrons. The van der Waals surface area contributed by atoms with Crippen LogP contribution in [0, 0.1) is 0 Å². The lowest BCUT2D eigenvalue weighted by molar-refractivity contribution is 0.361. The van der Waals surface area contributed by atoms with Gasteiger partial charge < -0.3 is 4.90 Å². The smallest absolute Gasteiger partial charge is 0.209 e. The van der Waals surface area contributed by atoms with E-state index in [0.29, 0.717) is 0 Å². The zero-order valence-corrected chi connectivity index (χ0v) is 14.8. The SMILES string of the molecule is CC(Sc1nnnn1CCN(C)C)c1cn(-c2ccccc2)nn1. The van der Waals surface area contributed by atoms with Crippen molar-refractivity contribution in [3.63, 3.8) is 0 Å². The van der Waals surface area contributed by atoms with Crippen LogP contribution in [0.3, 0.4) is 0 Å². The maximum absolute atomic E-state index is 4.28. The molecule has 2 aromatic heterocycles. The minimum atomic E-state index is 0.103. The van der Waals surface area contributed by atoms with Crippen molar-refractivity contribution in [1.82, 2.24) is 40.1 Å². The molecule has 1 unspecified atom stereocenters. The lowest BCUT2D eigenvalue weighted by Crippen LogP contribution is -2.19. The molecule has 8 nitrogen and oxygen atoms in total. The Morgan fingerprint density at radius 3 is 2.67 bits per heavy atom. The van der Waals surface area contributed by atoms with E-state index in [-0.39, 0.29) is 5.25 Å². The summed E-state index contributed by atoms with van der Waals surface area (Å²) in [7, 11) is 4.06. The van der Waals surface area contributed by atoms with Gasteiger partial charge in [0.1, 0.15) is 0 Å². The first-order valence-electron chi connectivity index (χ1n) is 7.68. The van der Waals surface area contributed by atoms with Crippen LogP contribution in [0.25, 0.3) is 5.69 Å². The van der Waals surface area contributed by atoms with E-state index in [1.54, 1.807) is 16.4 Å². The standard InChI is InChI=1S/C15H20N8S/c1-12(24-15-17-18-20-22(15)10-9-21(2)3)14-11-23(19-16-14)13-7-5-4-6-8-13/h4-8,11-12H,9-10H2,1-3H3. The molecule has 0 amide bonds. The quantitative estimate of drug-likeness (QED) is 0.603. The summed E-state index contributed by atoms with van der Waals surface area (Å²) >= 11 is 1.58. The first kappa shape index (κ1) is 16.6. The van der Waals surface area contributed by atoms with Crippen LogP contribution in [0.4, 0.5) is 0 Å². The number of likely N-dealkylation sites (N-methyl/N-ethyl adjacent to an activating group) is 1. The summed E-state index contributed by atoms with van der Waals surface area (Å²) in [5, 5.41) is 21.3. The Morgan fingerprint density at radius 1 is 1.12 bits per heavy atom. The van der Waals surface area contributed by atoms with Gasteiger partial charge in [0.15, 0.2) is 0 Å². The van der Waals surface area contributed by atoms with Gasteiger partial charge in [-0.15, -0.1) is 10.2 Å². The molecule has 0 spiro atoms. The third-order valence-electron chi connectivity index (χ3n) is 3.49. The monoisotopic (exact) mass is 344 g/mol. The van der Waals surface area contributed by atoms with E-state index in [0.717, 1.165) is 29.6 Å². The molecule has 0 aliphatic carbocycles. The molecule has 1 aromatic carbocycles. The fourth-order valence-electron chi connectivity index (χ4n) is 2.10. The molecule has 3 rings (SSSR count). The Hall–Kier alpha value is -2.26. The lowest BCUT2D eigenvalue weighted by Gasteiger charge is -2.11. The first-order chi connectivity index (χ1) is 11.6. The Kier molecular flexibility index (Phi) is 5.21. The van der Waals surface area contributed by atoms with E-state index in [1.165, 1.54) is 0 Å². The van der Waals surface area contributed by atoms with Gasteiger partial charge in [-0.1, -0.05) is 35.2 Å². The maximum atomic E-state index is 4.28. The maximum Gasteiger partial charge on any atom is 0.209 e. The molecule has 0 saturated carbocycles. The number of hydrogen-bond acceptors (Lipinski definition) is 7. The van der Waals surface area contributed by atoms with Gasteiger partial charge in [0, 0.05) is 6.54 Å². The van der Waals surface area contributed by atoms with Crippen LogP contribution in [0.2, 0.25) is 0 Å². The van der Waals surface area contributed by atoms with Crippen molar-refractivity contribution >= 4 is 11.8 Å². The second-order valence-corrected chi connectivity index (χ2v) is 6.98. The van der Waals surface area contributed by atoms with Crippen molar-refractivity contribution in [3.05, 3.63) is 42.2 Å². The van der Waals surface area contributed by atoms with Gasteiger partial charge in [0.2, 0.25) is 5.16 Å². The van der Waals surface area contributed by atoms with Crippen LogP contribution < -0.4 is 0 Å². The summed E-state index contributed by atoms with van der Waals surface area (Å²) in [5.41, 5.74) is 1.88. The van der Waals surface area contributed by atoms with Crippen LogP contribution in [-0.4, -0.2) is 60.7 Å². The summed E-state index contributed by atoms with van der Waals surface area (Å²) in [4.78, 5) is 2.10. The van der Waals surface area contributed by atoms with E-state index in [9.17, 15) is 0 Å². The summed E-state index contributed by atoms with van der Waals surface area (Å²) < 4.78 is 3.60. The highest BCUT2D eigenvalue weighted by Crippen LogP contribution is 2.32. The van der Waals surface area contributed by atoms with Crippen molar-refractivity contribution in [3.8, 4) is 5.69 Å². The van der Waals surface area contributed by atoms with Gasteiger partial charge in [-0.25, -0.2) is 9.36 Å². The number of aromatic nitrogens is 7. The average Bonchev–Trinajstić information content (AvgIpc) is 3.23. The molecule has 1 atom stereocenters. The summed E-state index contributed by atoms with van der Waals surface area (Å²) in [6, 6.07) is 9.94. The highest BCUT2D eigenvalue weighted by Gasteiger charge is 2.17. The Bertz CT molecular complexity index is 767. The highest BCUT2D eigenvalue weighted by molar-refractivity contribution is 7.99. The average molecular weight is 344 g/mol. The van der Waals surface area contributed by atoms with Gasteiger partial charge in [-0.3, -0.25) is 0 Å². The number of hydrogen-bond donors (Lipinski definition) is 0. The minimum Gasteiger partial charge on any atom is -0.308 e. The molecule has 3 aromatic rings. The lowest BCUT2D eigenvalue weighted by atomic mass is 10.3. The van der Waals surface area contributed by atoms with Crippen LogP contribution in [0.15, 0.2) is 41.7 Å². The van der Waals surface area contributed by atoms with Crippen molar-refractivity contribution in [2.45, 2.75) is 23.9 Å². The van der Waals surface area contributed by atoms with Crippen molar-refractivity contribution < 1.29 is 0 Å². The van der Waals surface area contributed by atoms with Crippen molar-refractivity contribution in [2.24, 2.45) is 0 Å². The van der Waals surface area contributed by atoms with Gasteiger partial charge >= 0.3 is 0 Å². The Balaban J connectivity index is 1.69. The molecule has 24 heavy (non-hydrogen) atoms. The van der Waals surface area contributed by atoms with E-state index in [4.69, 9.17) is 0 Å². The second kappa shape index (κ2) is 7.54. The number of para-hydroxylation sites is 1. The molecule has 2 heterocycles. The van der Waals surface area contributed by atoms with E-state index < -0.39 is 0 Å². The summed E-state index contributed by atoms with van der Waals surface area (Å²) in [5.74, 6) is 0. The molecule has 9 heteroatoms. The number of thioether (sulfide) groups is 1. The first-order valence-corrected chi connectivity index (χ1v) is 8.56. The van der Waals surface area contributed by atoms with Gasteiger partial charge in [-0.2, -0.15) is 0 Å². The van der Waals surface area contributed by atoms with Crippen molar-refractivity contribution in [2.75, 3.05) is 20.6 Å². The third kappa shape index (κ3) is 3.98. The predicted molar refractivity (Wildman–Crippen MR) is 92.0 cm³/mol. The van der Waals surface area contributed by atoms with Crippen LogP contribution in [-0.2, 0) is 6.54 Å². The summed E-state index contributed by atoms with van der Waals surface area (Å²) in [6.07, 6.45) is 1.95. The third-order valence-corrected chi connectivity index (χ3v) is 4.59. The van der Waals surface area contributed by atoms with Gasteiger partial charge in [0.05, 0.1) is 29.4 Å². The minimum absolute atomic E-state index is 0.103. The second-order valence-electron chi connectivity index (χ2n) is 5.67. The van der Waals surface area contributed by atoms with Crippen molar-refractivity contribution in [1.29, 1.82) is 0 Å². The largest absolute Gasteiger partial charge is 0.308 e. The van der Waals surface area contributed by atoms with E-state index >= 15 is 0 Å². The molecule has 0 aliphatic rings. The molecule has 0 aliphatic heterocycles. The number of tetrazole rings is 1. The van der Waals surface area contributed by atoms with Crippen LogP contribution >= 0.6 is 11.8 Å². The highest BCUT2D eigenvalue weighted by atomic mass is 32.2. The molecule has 126 valence electrons. The Labute approximate surface area is 144 Å². The van der Waals surface area contributed by atoms with Gasteiger partial charge in [0.25, 0.3) is 0 Å². The molecule has 0 saturated heterocycles. The zero-order chi connectivity index (χ0) is 16.9. The predicted octanol–water partition coefficient (Wildman–Crippen LogP) is 1.67. The van der Waals surface area contributed by atoms with Crippen LogP contribution in [0.1, 0.15) is 17.9 Å². The molecule has 0 N–H and O–H groups in total. The normalized spacial score (nSPS) is 12.7. The fraction of sp³-hybridized carbons (Fsp3) is 0.400. The fourth-order valence-corrected chi connectivity index (χ4v) is 2.98. The van der Waals surface area contributed by atoms with Gasteiger partial charge in [-0.05, 0) is 43.6 Å². The topological polar surface area (TPSA) is 77.5 Å². The van der Waals surface area contributed by atoms with E-state index in [2.05, 4.69) is 37.7 Å². The molecular weight excluding hydrogens is 324 g/mol. The molecular formula is C15H20N8S. The number of benzene rings is 1. The zero-order valence-electron chi connectivity index (χ0n) is 13.9.